The number of carboxylic acid groups (broad SMARTS) is 1. The van der Waals surface area contributed by atoms with Gasteiger partial charge in [-0.25, -0.2) is 0 Å². The van der Waals surface area contributed by atoms with Gasteiger partial charge in [-0.3, -0.25) is 9.36 Å². The topological polar surface area (TPSA) is 94.8 Å². The van der Waals surface area contributed by atoms with Gasteiger partial charge in [0.05, 0.1) is 5.92 Å². The highest BCUT2D eigenvalue weighted by Crippen LogP contribution is 2.40. The highest BCUT2D eigenvalue weighted by molar-refractivity contribution is 7.57. The summed E-state index contributed by atoms with van der Waals surface area (Å²) in [5.74, 6) is -2.02. The molecular formula is C5H11O5P. The maximum Gasteiger partial charge on any atom is 0.306 e. The molecule has 11 heavy (non-hydrogen) atoms. The fourth-order valence-electron chi connectivity index (χ4n) is 0.564. The molecule has 0 saturated heterocycles. The summed E-state index contributed by atoms with van der Waals surface area (Å²) in [4.78, 5) is 19.0. The molecule has 0 saturated carbocycles. The average molecular weight is 182 g/mol. The van der Waals surface area contributed by atoms with Gasteiger partial charge < -0.3 is 15.1 Å². The van der Waals surface area contributed by atoms with Gasteiger partial charge in [-0.2, -0.15) is 0 Å². The van der Waals surface area contributed by atoms with Crippen LogP contribution in [0.2, 0.25) is 0 Å². The lowest BCUT2D eigenvalue weighted by Crippen LogP contribution is -2.14. The summed E-state index contributed by atoms with van der Waals surface area (Å²) in [6, 6.07) is 0. The summed E-state index contributed by atoms with van der Waals surface area (Å²) in [5.41, 5.74) is 0. The number of hydrogen-bond acceptors (Lipinski definition) is 3. The second kappa shape index (κ2) is 3.85. The first kappa shape index (κ1) is 10.6. The molecule has 66 valence electrons. The molecule has 6 heteroatoms. The van der Waals surface area contributed by atoms with Crippen LogP contribution in [-0.2, 0) is 9.36 Å². The molecule has 2 atom stereocenters. The van der Waals surface area contributed by atoms with Crippen molar-refractivity contribution >= 4 is 13.3 Å². The SMILES string of the molecule is CC(CP(=O)(O)CO)C(=O)O. The largest absolute Gasteiger partial charge is 0.481 e. The van der Waals surface area contributed by atoms with Gasteiger partial charge >= 0.3 is 5.97 Å². The van der Waals surface area contributed by atoms with Crippen molar-refractivity contribution in [2.24, 2.45) is 5.92 Å². The number of aliphatic carboxylic acids is 1. The fourth-order valence-corrected chi connectivity index (χ4v) is 1.69. The van der Waals surface area contributed by atoms with E-state index in [-0.39, 0.29) is 6.16 Å². The van der Waals surface area contributed by atoms with E-state index in [1.54, 1.807) is 0 Å². The number of carbonyl (C=O) groups is 1. The van der Waals surface area contributed by atoms with Crippen LogP contribution >= 0.6 is 7.37 Å². The first-order valence-corrected chi connectivity index (χ1v) is 5.06. The third kappa shape index (κ3) is 4.14. The fraction of sp³-hybridized carbons (Fsp3) is 0.800. The van der Waals surface area contributed by atoms with E-state index in [1.165, 1.54) is 6.92 Å². The summed E-state index contributed by atoms with van der Waals surface area (Å²) < 4.78 is 10.7. The van der Waals surface area contributed by atoms with Crippen LogP contribution in [0.25, 0.3) is 0 Å². The van der Waals surface area contributed by atoms with Crippen LogP contribution in [0.3, 0.4) is 0 Å². The number of rotatable bonds is 4. The van der Waals surface area contributed by atoms with Gasteiger partial charge in [0, 0.05) is 6.16 Å². The minimum atomic E-state index is -3.61. The lowest BCUT2D eigenvalue weighted by molar-refractivity contribution is -0.140. The Bertz CT molecular complexity index is 189. The van der Waals surface area contributed by atoms with Gasteiger partial charge in [0.2, 0.25) is 7.37 Å². The molecule has 0 heterocycles. The Morgan fingerprint density at radius 3 is 2.36 bits per heavy atom. The molecule has 0 aromatic carbocycles. The van der Waals surface area contributed by atoms with Gasteiger partial charge in [-0.15, -0.1) is 0 Å². The van der Waals surface area contributed by atoms with Crippen LogP contribution in [-0.4, -0.2) is 33.6 Å². The summed E-state index contributed by atoms with van der Waals surface area (Å²) in [6.07, 6.45) is -1.23. The molecule has 0 amide bonds. The maximum absolute atomic E-state index is 10.7. The van der Waals surface area contributed by atoms with Crippen molar-refractivity contribution in [3.63, 3.8) is 0 Å². The summed E-state index contributed by atoms with van der Waals surface area (Å²) in [6.45, 7) is 1.32. The molecule has 0 aliphatic heterocycles. The third-order valence-corrected chi connectivity index (χ3v) is 2.76. The Kier molecular flexibility index (Phi) is 3.72. The van der Waals surface area contributed by atoms with Crippen molar-refractivity contribution in [2.75, 3.05) is 12.5 Å². The molecule has 0 spiro atoms. The molecule has 5 nitrogen and oxygen atoms in total. The molecule has 0 bridgehead atoms. The minimum Gasteiger partial charge on any atom is -0.481 e. The van der Waals surface area contributed by atoms with Crippen LogP contribution in [0.5, 0.6) is 0 Å². The highest BCUT2D eigenvalue weighted by Gasteiger charge is 2.24. The molecule has 0 aliphatic carbocycles. The molecule has 0 radical (unpaired) electrons. The standard InChI is InChI=1S/C5H11O5P/c1-4(5(7)8)2-11(9,10)3-6/h4,6H,2-3H2,1H3,(H,7,8)(H,9,10). The first-order chi connectivity index (χ1) is 4.89. The van der Waals surface area contributed by atoms with E-state index in [0.717, 1.165) is 0 Å². The van der Waals surface area contributed by atoms with Crippen molar-refractivity contribution in [3.05, 3.63) is 0 Å². The molecule has 0 fully saturated rings. The van der Waals surface area contributed by atoms with Crippen LogP contribution < -0.4 is 0 Å². The Morgan fingerprint density at radius 1 is 1.64 bits per heavy atom. The van der Waals surface area contributed by atoms with Gasteiger partial charge in [-0.05, 0) is 0 Å². The molecule has 2 unspecified atom stereocenters. The Labute approximate surface area is 64.1 Å². The second-order valence-corrected chi connectivity index (χ2v) is 4.75. The van der Waals surface area contributed by atoms with Crippen LogP contribution in [0.15, 0.2) is 0 Å². The Morgan fingerprint density at radius 2 is 2.09 bits per heavy atom. The number of carboxylic acids is 1. The molecule has 0 aromatic heterocycles. The highest BCUT2D eigenvalue weighted by atomic mass is 31.2. The van der Waals surface area contributed by atoms with Gasteiger partial charge in [0.1, 0.15) is 6.35 Å². The maximum atomic E-state index is 10.7. The van der Waals surface area contributed by atoms with Gasteiger partial charge in [0.25, 0.3) is 0 Å². The van der Waals surface area contributed by atoms with Crippen molar-refractivity contribution in [1.29, 1.82) is 0 Å². The van der Waals surface area contributed by atoms with Crippen molar-refractivity contribution in [1.82, 2.24) is 0 Å². The predicted molar refractivity (Wildman–Crippen MR) is 38.6 cm³/mol. The van der Waals surface area contributed by atoms with E-state index < -0.39 is 25.6 Å². The van der Waals surface area contributed by atoms with Crippen LogP contribution in [0.4, 0.5) is 0 Å². The number of aliphatic hydroxyl groups excluding tert-OH is 1. The van der Waals surface area contributed by atoms with E-state index in [9.17, 15) is 9.36 Å². The van der Waals surface area contributed by atoms with E-state index in [0.29, 0.717) is 0 Å². The van der Waals surface area contributed by atoms with Crippen molar-refractivity contribution < 1.29 is 24.5 Å². The summed E-state index contributed by atoms with van der Waals surface area (Å²) >= 11 is 0. The lowest BCUT2D eigenvalue weighted by atomic mass is 10.2. The zero-order chi connectivity index (χ0) is 9.07. The van der Waals surface area contributed by atoms with Crippen molar-refractivity contribution in [2.45, 2.75) is 6.92 Å². The third-order valence-electron chi connectivity index (χ3n) is 1.20. The van der Waals surface area contributed by atoms with Crippen molar-refractivity contribution in [3.8, 4) is 0 Å². The molecule has 0 aliphatic rings. The number of hydrogen-bond donors (Lipinski definition) is 3. The number of aliphatic hydroxyl groups is 1. The van der Waals surface area contributed by atoms with E-state index >= 15 is 0 Å². The molecule has 0 aromatic rings. The van der Waals surface area contributed by atoms with E-state index in [1.807, 2.05) is 0 Å². The van der Waals surface area contributed by atoms with Crippen LogP contribution in [0, 0.1) is 5.92 Å². The first-order valence-electron chi connectivity index (χ1n) is 3.03. The monoisotopic (exact) mass is 182 g/mol. The lowest BCUT2D eigenvalue weighted by Gasteiger charge is -2.10. The minimum absolute atomic E-state index is 0.376. The zero-order valence-corrected chi connectivity index (χ0v) is 6.99. The smallest absolute Gasteiger partial charge is 0.306 e. The normalized spacial score (nSPS) is 18.8. The zero-order valence-electron chi connectivity index (χ0n) is 6.10. The molecule has 3 N–H and O–H groups in total. The molecular weight excluding hydrogens is 171 g/mol. The van der Waals surface area contributed by atoms with Crippen LogP contribution in [0.1, 0.15) is 6.92 Å². The molecule has 0 rings (SSSR count). The average Bonchev–Trinajstić information content (AvgIpc) is 1.87. The summed E-state index contributed by atoms with van der Waals surface area (Å²) in [5, 5.41) is 16.6. The van der Waals surface area contributed by atoms with E-state index in [4.69, 9.17) is 15.1 Å². The van der Waals surface area contributed by atoms with Gasteiger partial charge in [0.15, 0.2) is 0 Å². The predicted octanol–water partition coefficient (Wildman–Crippen LogP) is -0.0727. The summed E-state index contributed by atoms with van der Waals surface area (Å²) in [7, 11) is -3.61. The van der Waals surface area contributed by atoms with E-state index in [2.05, 4.69) is 0 Å². The van der Waals surface area contributed by atoms with Gasteiger partial charge in [-0.1, -0.05) is 6.92 Å². The Balaban J connectivity index is 4.04. The quantitative estimate of drug-likeness (QED) is 0.529. The second-order valence-electron chi connectivity index (χ2n) is 2.41. The Hall–Kier alpha value is -0.380.